The van der Waals surface area contributed by atoms with Crippen LogP contribution in [0.1, 0.15) is 29.9 Å². The maximum atomic E-state index is 12.1. The van der Waals surface area contributed by atoms with Gasteiger partial charge in [0.15, 0.2) is 0 Å². The lowest BCUT2D eigenvalue weighted by Crippen LogP contribution is -2.20. The fraction of sp³-hybridized carbons (Fsp3) is 0.278. The molecular weight excluding hydrogens is 340 g/mol. The van der Waals surface area contributed by atoms with Gasteiger partial charge in [0.25, 0.3) is 0 Å². The molecule has 0 atom stereocenters. The smallest absolute Gasteiger partial charge is 0.326 e. The van der Waals surface area contributed by atoms with Crippen molar-refractivity contribution in [1.29, 1.82) is 0 Å². The number of rotatable bonds is 5. The Morgan fingerprint density at radius 3 is 2.92 bits per heavy atom. The van der Waals surface area contributed by atoms with Crippen LogP contribution in [0.2, 0.25) is 0 Å². The van der Waals surface area contributed by atoms with Crippen molar-refractivity contribution in [3.05, 3.63) is 43.9 Å². The van der Waals surface area contributed by atoms with Gasteiger partial charge in [0, 0.05) is 17.4 Å². The molecule has 0 bridgehead atoms. The number of carbonyl (C=O) groups excluding carboxylic acids is 1. The lowest BCUT2D eigenvalue weighted by atomic mass is 10.0. The highest BCUT2D eigenvalue weighted by Gasteiger charge is 2.19. The molecule has 1 aromatic heterocycles. The number of hydrogen-bond donors (Lipinski definition) is 1. The van der Waals surface area contributed by atoms with Gasteiger partial charge in [0.2, 0.25) is 5.88 Å². The van der Waals surface area contributed by atoms with Crippen LogP contribution >= 0.6 is 11.3 Å². The maximum absolute atomic E-state index is 12.1. The van der Waals surface area contributed by atoms with Crippen LogP contribution in [0.4, 0.5) is 5.69 Å². The van der Waals surface area contributed by atoms with Gasteiger partial charge in [-0.15, -0.1) is 0 Å². The summed E-state index contributed by atoms with van der Waals surface area (Å²) in [6.45, 7) is 3.68. The largest absolute Gasteiger partial charge is 0.493 e. The molecule has 0 amide bonds. The molecule has 0 saturated carbocycles. The van der Waals surface area contributed by atoms with E-state index in [0.717, 1.165) is 44.7 Å². The molecule has 3 rings (SSSR count). The van der Waals surface area contributed by atoms with Gasteiger partial charge in [-0.2, -0.15) is 0 Å². The number of ether oxygens (including phenoxy) is 1. The number of thiazole rings is 1. The number of nitrogens with zero attached hydrogens (tertiary/aromatic N) is 2. The lowest BCUT2D eigenvalue weighted by molar-refractivity contribution is -0.143. The van der Waals surface area contributed by atoms with E-state index in [0.29, 0.717) is 4.88 Å². The van der Waals surface area contributed by atoms with Crippen molar-refractivity contribution in [3.8, 4) is 5.88 Å². The summed E-state index contributed by atoms with van der Waals surface area (Å²) in [4.78, 5) is 28.1. The molecule has 0 unspecified atom stereocenters. The van der Waals surface area contributed by atoms with Crippen molar-refractivity contribution >= 4 is 40.9 Å². The minimum absolute atomic E-state index is 0.225. The number of aromatic hydroxyl groups is 1. The SMILES string of the molecule is CCOC(=O)Cn1c(O)c(C=C2C=Nc3c(CC)cccc32)sc1=O. The van der Waals surface area contributed by atoms with Crippen molar-refractivity contribution < 1.29 is 14.6 Å². The van der Waals surface area contributed by atoms with Crippen LogP contribution in [0.5, 0.6) is 5.88 Å². The van der Waals surface area contributed by atoms with Crippen LogP contribution in [0, 0.1) is 0 Å². The third kappa shape index (κ3) is 3.28. The van der Waals surface area contributed by atoms with E-state index in [1.165, 1.54) is 0 Å². The number of carbonyl (C=O) groups is 1. The number of aliphatic imine (C=N–C) groups is 1. The highest BCUT2D eigenvalue weighted by Crippen LogP contribution is 2.37. The molecule has 2 heterocycles. The molecule has 2 aromatic rings. The predicted octanol–water partition coefficient (Wildman–Crippen LogP) is 3.00. The number of fused-ring (bicyclic) bond motifs is 1. The lowest BCUT2D eigenvalue weighted by Gasteiger charge is -2.05. The first-order valence-corrected chi connectivity index (χ1v) is 8.83. The molecule has 0 saturated heterocycles. The summed E-state index contributed by atoms with van der Waals surface area (Å²) in [6, 6.07) is 5.96. The zero-order chi connectivity index (χ0) is 18.0. The summed E-state index contributed by atoms with van der Waals surface area (Å²) in [5.41, 5.74) is 3.87. The van der Waals surface area contributed by atoms with Crippen LogP contribution in [-0.2, 0) is 22.5 Å². The zero-order valence-corrected chi connectivity index (χ0v) is 14.8. The Bertz CT molecular complexity index is 937. The fourth-order valence-corrected chi connectivity index (χ4v) is 3.54. The number of hydrogen-bond acceptors (Lipinski definition) is 6. The third-order valence-corrected chi connectivity index (χ3v) is 4.83. The second kappa shape index (κ2) is 7.06. The van der Waals surface area contributed by atoms with Crippen LogP contribution in [0.15, 0.2) is 28.0 Å². The van der Waals surface area contributed by atoms with E-state index in [1.54, 1.807) is 19.2 Å². The van der Waals surface area contributed by atoms with Crippen LogP contribution in [-0.4, -0.2) is 28.5 Å². The van der Waals surface area contributed by atoms with Crippen molar-refractivity contribution in [2.75, 3.05) is 6.61 Å². The third-order valence-electron chi connectivity index (χ3n) is 3.92. The average Bonchev–Trinajstić information content (AvgIpc) is 3.12. The predicted molar refractivity (Wildman–Crippen MR) is 98.7 cm³/mol. The molecule has 0 fully saturated rings. The van der Waals surface area contributed by atoms with Gasteiger partial charge >= 0.3 is 10.8 Å². The Labute approximate surface area is 148 Å². The van der Waals surface area contributed by atoms with Gasteiger partial charge in [0.05, 0.1) is 17.2 Å². The maximum Gasteiger partial charge on any atom is 0.326 e. The van der Waals surface area contributed by atoms with E-state index in [2.05, 4.69) is 11.9 Å². The molecule has 1 aliphatic heterocycles. The Kier molecular flexibility index (Phi) is 4.85. The Balaban J connectivity index is 1.96. The summed E-state index contributed by atoms with van der Waals surface area (Å²) < 4.78 is 5.85. The van der Waals surface area contributed by atoms with Gasteiger partial charge in [0.1, 0.15) is 6.54 Å². The summed E-state index contributed by atoms with van der Waals surface area (Å²) in [7, 11) is 0. The highest BCUT2D eigenvalue weighted by atomic mass is 32.1. The molecule has 1 aromatic carbocycles. The first-order chi connectivity index (χ1) is 12.0. The van der Waals surface area contributed by atoms with E-state index in [4.69, 9.17) is 4.74 Å². The van der Waals surface area contributed by atoms with Gasteiger partial charge in [-0.25, -0.2) is 0 Å². The molecular formula is C18H18N2O4S. The minimum atomic E-state index is -0.558. The van der Waals surface area contributed by atoms with E-state index in [9.17, 15) is 14.7 Å². The van der Waals surface area contributed by atoms with Crippen molar-refractivity contribution in [2.45, 2.75) is 26.8 Å². The van der Waals surface area contributed by atoms with Crippen LogP contribution in [0.25, 0.3) is 11.6 Å². The summed E-state index contributed by atoms with van der Waals surface area (Å²) in [5, 5.41) is 10.3. The van der Waals surface area contributed by atoms with Gasteiger partial charge < -0.3 is 9.84 Å². The molecule has 0 spiro atoms. The minimum Gasteiger partial charge on any atom is -0.493 e. The summed E-state index contributed by atoms with van der Waals surface area (Å²) in [5.74, 6) is -0.790. The van der Waals surface area contributed by atoms with Crippen molar-refractivity contribution in [2.24, 2.45) is 4.99 Å². The summed E-state index contributed by atoms with van der Waals surface area (Å²) >= 11 is 0.884. The molecule has 25 heavy (non-hydrogen) atoms. The quantitative estimate of drug-likeness (QED) is 0.833. The monoisotopic (exact) mass is 358 g/mol. The van der Waals surface area contributed by atoms with Crippen molar-refractivity contribution in [3.63, 3.8) is 0 Å². The van der Waals surface area contributed by atoms with Gasteiger partial charge in [-0.05, 0) is 25.0 Å². The molecule has 0 aliphatic carbocycles. The zero-order valence-electron chi connectivity index (χ0n) is 14.0. The van der Waals surface area contributed by atoms with E-state index in [1.807, 2.05) is 18.2 Å². The molecule has 1 N–H and O–H groups in total. The Hall–Kier alpha value is -2.67. The van der Waals surface area contributed by atoms with Crippen LogP contribution < -0.4 is 4.87 Å². The first-order valence-electron chi connectivity index (χ1n) is 8.01. The molecule has 1 aliphatic rings. The molecule has 7 heteroatoms. The highest BCUT2D eigenvalue weighted by molar-refractivity contribution is 7.10. The molecule has 6 nitrogen and oxygen atoms in total. The van der Waals surface area contributed by atoms with Gasteiger partial charge in [-0.1, -0.05) is 36.5 Å². The number of para-hydroxylation sites is 1. The summed E-state index contributed by atoms with van der Waals surface area (Å²) in [6.07, 6.45) is 4.32. The van der Waals surface area contributed by atoms with Crippen molar-refractivity contribution in [1.82, 2.24) is 4.57 Å². The Morgan fingerprint density at radius 2 is 2.20 bits per heavy atom. The number of aryl methyl sites for hydroxylation is 1. The number of benzene rings is 1. The first kappa shape index (κ1) is 17.2. The normalized spacial score (nSPS) is 14.1. The number of allylic oxidation sites excluding steroid dienone is 1. The fourth-order valence-electron chi connectivity index (χ4n) is 2.71. The van der Waals surface area contributed by atoms with E-state index < -0.39 is 10.8 Å². The number of aromatic nitrogens is 1. The van der Waals surface area contributed by atoms with E-state index >= 15 is 0 Å². The molecule has 130 valence electrons. The second-order valence-electron chi connectivity index (χ2n) is 5.47. The Morgan fingerprint density at radius 1 is 1.40 bits per heavy atom. The van der Waals surface area contributed by atoms with E-state index in [-0.39, 0.29) is 19.0 Å². The van der Waals surface area contributed by atoms with Crippen LogP contribution in [0.3, 0.4) is 0 Å². The topological polar surface area (TPSA) is 80.9 Å². The molecule has 0 radical (unpaired) electrons. The standard InChI is InChI=1S/C18H18N2O4S/c1-3-11-6-5-7-13-12(9-19-16(11)13)8-14-17(22)20(18(23)25-14)10-15(21)24-4-2/h5-9,22H,3-4,10H2,1-2H3. The average molecular weight is 358 g/mol. The second-order valence-corrected chi connectivity index (χ2v) is 6.46. The number of esters is 1. The van der Waals surface area contributed by atoms with Gasteiger partial charge in [-0.3, -0.25) is 19.1 Å².